The van der Waals surface area contributed by atoms with Gasteiger partial charge in [0, 0.05) is 6.20 Å². The molecule has 0 unspecified atom stereocenters. The molecule has 2 aromatic rings. The van der Waals surface area contributed by atoms with E-state index in [0.29, 0.717) is 16.4 Å². The van der Waals surface area contributed by atoms with E-state index in [4.69, 9.17) is 40.5 Å². The Morgan fingerprint density at radius 3 is 2.60 bits per heavy atom. The third-order valence-electron chi connectivity index (χ3n) is 2.42. The maximum absolute atomic E-state index is 11.6. The topological polar surface area (TPSA) is 78.1 Å². The number of hydrogen-bond acceptors (Lipinski definition) is 5. The van der Waals surface area contributed by atoms with Gasteiger partial charge in [-0.05, 0) is 12.1 Å². The zero-order valence-corrected chi connectivity index (χ0v) is 12.4. The van der Waals surface area contributed by atoms with Crippen molar-refractivity contribution in [1.82, 2.24) is 9.97 Å². The summed E-state index contributed by atoms with van der Waals surface area (Å²) in [4.78, 5) is 19.8. The van der Waals surface area contributed by atoms with Crippen LogP contribution < -0.4 is 5.73 Å². The molecule has 0 atom stereocenters. The van der Waals surface area contributed by atoms with Gasteiger partial charge in [0.1, 0.15) is 5.69 Å². The number of carbonyl (C=O) groups excluding carboxylic acids is 1. The highest BCUT2D eigenvalue weighted by atomic mass is 35.5. The quantitative estimate of drug-likeness (QED) is 0.852. The Labute approximate surface area is 129 Å². The Morgan fingerprint density at radius 2 is 2.00 bits per heavy atom. The van der Waals surface area contributed by atoms with Gasteiger partial charge in [-0.1, -0.05) is 34.8 Å². The Balaban J connectivity index is 2.63. The predicted molar refractivity (Wildman–Crippen MR) is 78.2 cm³/mol. The number of ether oxygens (including phenoxy) is 1. The third kappa shape index (κ3) is 2.80. The minimum absolute atomic E-state index is 0.0192. The van der Waals surface area contributed by atoms with Gasteiger partial charge < -0.3 is 10.5 Å². The largest absolute Gasteiger partial charge is 0.464 e. The van der Waals surface area contributed by atoms with Crippen LogP contribution in [0.1, 0.15) is 10.5 Å². The predicted octanol–water partition coefficient (Wildman–Crippen LogP) is 3.47. The lowest BCUT2D eigenvalue weighted by atomic mass is 10.2. The Bertz CT molecular complexity index is 692. The number of aromatic nitrogens is 2. The average molecular weight is 333 g/mol. The molecule has 5 nitrogen and oxygen atoms in total. The normalized spacial score (nSPS) is 10.4. The van der Waals surface area contributed by atoms with E-state index in [1.165, 1.54) is 25.4 Å². The fourth-order valence-electron chi connectivity index (χ4n) is 1.51. The molecule has 2 heterocycles. The van der Waals surface area contributed by atoms with Crippen LogP contribution in [-0.2, 0) is 4.74 Å². The van der Waals surface area contributed by atoms with Gasteiger partial charge in [-0.3, -0.25) is 4.98 Å². The summed E-state index contributed by atoms with van der Waals surface area (Å²) in [6.07, 6.45) is 1.41. The van der Waals surface area contributed by atoms with Crippen LogP contribution >= 0.6 is 34.8 Å². The number of nitrogens with two attached hydrogens (primary N) is 1. The van der Waals surface area contributed by atoms with E-state index >= 15 is 0 Å². The van der Waals surface area contributed by atoms with Gasteiger partial charge in [0.2, 0.25) is 0 Å². The molecule has 2 N–H and O–H groups in total. The summed E-state index contributed by atoms with van der Waals surface area (Å²) in [6.45, 7) is 0. The molecule has 0 aliphatic carbocycles. The minimum Gasteiger partial charge on any atom is -0.464 e. The Kier molecular flexibility index (Phi) is 4.32. The van der Waals surface area contributed by atoms with Crippen LogP contribution in [0.4, 0.5) is 5.69 Å². The van der Waals surface area contributed by atoms with E-state index in [0.717, 1.165) is 0 Å². The molecule has 0 aromatic carbocycles. The first kappa shape index (κ1) is 14.8. The van der Waals surface area contributed by atoms with Gasteiger partial charge in [0.25, 0.3) is 0 Å². The molecule has 0 saturated heterocycles. The van der Waals surface area contributed by atoms with Gasteiger partial charge >= 0.3 is 5.97 Å². The molecule has 20 heavy (non-hydrogen) atoms. The summed E-state index contributed by atoms with van der Waals surface area (Å²) in [7, 11) is 1.22. The van der Waals surface area contributed by atoms with Crippen LogP contribution in [0.2, 0.25) is 15.1 Å². The molecule has 104 valence electrons. The van der Waals surface area contributed by atoms with Crippen molar-refractivity contribution < 1.29 is 9.53 Å². The Hall–Kier alpha value is -1.56. The molecule has 0 bridgehead atoms. The van der Waals surface area contributed by atoms with E-state index in [-0.39, 0.29) is 21.4 Å². The van der Waals surface area contributed by atoms with Gasteiger partial charge in [-0.15, -0.1) is 0 Å². The van der Waals surface area contributed by atoms with Crippen molar-refractivity contribution in [1.29, 1.82) is 0 Å². The van der Waals surface area contributed by atoms with Crippen LogP contribution in [0.25, 0.3) is 11.4 Å². The van der Waals surface area contributed by atoms with Crippen molar-refractivity contribution in [2.24, 2.45) is 0 Å². The average Bonchev–Trinajstić information content (AvgIpc) is 2.41. The number of rotatable bonds is 2. The molecule has 0 aliphatic rings. The van der Waals surface area contributed by atoms with Crippen molar-refractivity contribution in [3.05, 3.63) is 39.1 Å². The van der Waals surface area contributed by atoms with E-state index < -0.39 is 5.97 Å². The summed E-state index contributed by atoms with van der Waals surface area (Å²) in [5, 5.41) is 0.683. The second-order valence-electron chi connectivity index (χ2n) is 3.73. The summed E-state index contributed by atoms with van der Waals surface area (Å²) < 4.78 is 4.60. The number of nitrogens with zero attached hydrogens (tertiary/aromatic N) is 2. The monoisotopic (exact) mass is 331 g/mol. The van der Waals surface area contributed by atoms with Crippen LogP contribution in [0.5, 0.6) is 0 Å². The molecule has 0 amide bonds. The lowest BCUT2D eigenvalue weighted by Gasteiger charge is -2.09. The van der Waals surface area contributed by atoms with Gasteiger partial charge in [-0.25, -0.2) is 9.78 Å². The molecular formula is C12H8Cl3N3O2. The molecule has 0 saturated carbocycles. The Morgan fingerprint density at radius 1 is 1.30 bits per heavy atom. The molecule has 0 radical (unpaired) electrons. The van der Waals surface area contributed by atoms with Gasteiger partial charge in [0.15, 0.2) is 5.69 Å². The highest BCUT2D eigenvalue weighted by Crippen LogP contribution is 2.31. The zero-order valence-electron chi connectivity index (χ0n) is 10.2. The van der Waals surface area contributed by atoms with Gasteiger partial charge in [-0.2, -0.15) is 0 Å². The van der Waals surface area contributed by atoms with Crippen molar-refractivity contribution in [3.63, 3.8) is 0 Å². The molecule has 0 fully saturated rings. The van der Waals surface area contributed by atoms with E-state index in [1.54, 1.807) is 0 Å². The molecule has 0 spiro atoms. The standard InChI is InChI=1S/C12H8Cl3N3O2/c1-20-12(19)11-9(15)7(16)3-8(18-11)10-6(14)2-5(13)4-17-10/h2-4H,1H3,(H2,16,18). The fourth-order valence-corrected chi connectivity index (χ4v) is 2.16. The smallest absolute Gasteiger partial charge is 0.358 e. The summed E-state index contributed by atoms with van der Waals surface area (Å²) in [5.41, 5.74) is 6.46. The highest BCUT2D eigenvalue weighted by molar-refractivity contribution is 6.37. The van der Waals surface area contributed by atoms with Crippen molar-refractivity contribution in [2.75, 3.05) is 12.8 Å². The lowest BCUT2D eigenvalue weighted by Crippen LogP contribution is -2.08. The number of methoxy groups -OCH3 is 1. The van der Waals surface area contributed by atoms with Crippen molar-refractivity contribution in [2.45, 2.75) is 0 Å². The SMILES string of the molecule is COC(=O)c1nc(-c2ncc(Cl)cc2Cl)cc(N)c1Cl. The molecular weight excluding hydrogens is 325 g/mol. The molecule has 0 aliphatic heterocycles. The van der Waals surface area contributed by atoms with Crippen LogP contribution in [-0.4, -0.2) is 23.0 Å². The fraction of sp³-hybridized carbons (Fsp3) is 0.0833. The van der Waals surface area contributed by atoms with Crippen LogP contribution in [0.3, 0.4) is 0 Å². The second kappa shape index (κ2) is 5.83. The summed E-state index contributed by atoms with van der Waals surface area (Å²) in [5.74, 6) is -0.700. The first-order valence-corrected chi connectivity index (χ1v) is 6.43. The van der Waals surface area contributed by atoms with Gasteiger partial charge in [0.05, 0.1) is 33.6 Å². The number of pyridine rings is 2. The zero-order chi connectivity index (χ0) is 14.9. The number of nitrogen functional groups attached to an aromatic ring is 1. The van der Waals surface area contributed by atoms with Crippen LogP contribution in [0.15, 0.2) is 18.3 Å². The maximum atomic E-state index is 11.6. The van der Waals surface area contributed by atoms with E-state index in [2.05, 4.69) is 14.7 Å². The van der Waals surface area contributed by atoms with Crippen molar-refractivity contribution in [3.8, 4) is 11.4 Å². The number of anilines is 1. The summed E-state index contributed by atoms with van der Waals surface area (Å²) >= 11 is 17.8. The number of halogens is 3. The number of hydrogen-bond donors (Lipinski definition) is 1. The lowest BCUT2D eigenvalue weighted by molar-refractivity contribution is 0.0594. The van der Waals surface area contributed by atoms with E-state index in [1.807, 2.05) is 0 Å². The highest BCUT2D eigenvalue weighted by Gasteiger charge is 2.19. The number of esters is 1. The van der Waals surface area contributed by atoms with E-state index in [9.17, 15) is 4.79 Å². The molecule has 8 heteroatoms. The molecule has 2 aromatic heterocycles. The second-order valence-corrected chi connectivity index (χ2v) is 4.96. The first-order chi connectivity index (χ1) is 9.43. The molecule has 2 rings (SSSR count). The maximum Gasteiger partial charge on any atom is 0.358 e. The van der Waals surface area contributed by atoms with Crippen LogP contribution in [0, 0.1) is 0 Å². The first-order valence-electron chi connectivity index (χ1n) is 5.29. The minimum atomic E-state index is -0.700. The third-order valence-corrected chi connectivity index (χ3v) is 3.31. The number of carbonyl (C=O) groups is 1. The summed E-state index contributed by atoms with van der Waals surface area (Å²) in [6, 6.07) is 2.98. The van der Waals surface area contributed by atoms with Crippen molar-refractivity contribution >= 4 is 46.5 Å².